The van der Waals surface area contributed by atoms with E-state index in [1.54, 1.807) is 0 Å². The molecule has 0 saturated carbocycles. The van der Waals surface area contributed by atoms with Gasteiger partial charge >= 0.3 is 51.4 Å². The van der Waals surface area contributed by atoms with E-state index in [0.717, 1.165) is 18.5 Å². The van der Waals surface area contributed by atoms with E-state index in [4.69, 9.17) is 0 Å². The van der Waals surface area contributed by atoms with Gasteiger partial charge in [0.15, 0.2) is 0 Å². The van der Waals surface area contributed by atoms with Crippen LogP contribution >= 0.6 is 0 Å². The third-order valence-electron chi connectivity index (χ3n) is 1.78. The van der Waals surface area contributed by atoms with Gasteiger partial charge in [-0.2, -0.15) is 23.9 Å². The number of aliphatic imine (C=N–C) groups is 1. The van der Waals surface area contributed by atoms with Crippen molar-refractivity contribution in [3.8, 4) is 0 Å². The maximum absolute atomic E-state index is 4.20. The summed E-state index contributed by atoms with van der Waals surface area (Å²) in [4.78, 5) is 4.20. The topological polar surface area (TPSA) is 12.4 Å². The van der Waals surface area contributed by atoms with E-state index in [1.165, 1.54) is 12.0 Å². The van der Waals surface area contributed by atoms with Crippen LogP contribution in [-0.2, 0) is 0 Å². The van der Waals surface area contributed by atoms with Gasteiger partial charge in [0, 0.05) is 0 Å². The Balaban J connectivity index is 0.00000169. The molecule has 1 rings (SSSR count). The van der Waals surface area contributed by atoms with E-state index in [9.17, 15) is 0 Å². The number of unbranched alkanes of at least 4 members (excludes halogenated alkanes) is 2. The smallest absolute Gasteiger partial charge is 0.482 e. The Hall–Kier alpha value is 0.526. The number of benzene rings is 1. The zero-order valence-electron chi connectivity index (χ0n) is 9.30. The summed E-state index contributed by atoms with van der Waals surface area (Å²) < 4.78 is 0. The van der Waals surface area contributed by atoms with Crippen molar-refractivity contribution < 1.29 is 51.4 Å². The zero-order valence-corrected chi connectivity index (χ0v) is 12.4. The summed E-state index contributed by atoms with van der Waals surface area (Å²) in [5, 5.41) is 0. The second kappa shape index (κ2) is 8.80. The Labute approximate surface area is 129 Å². The molecule has 14 heavy (non-hydrogen) atoms. The van der Waals surface area contributed by atoms with Gasteiger partial charge in [0.25, 0.3) is 0 Å². The second-order valence-electron chi connectivity index (χ2n) is 3.12. The fraction of sp³-hybridized carbons (Fsp3) is 0.417. The molecule has 1 aromatic carbocycles. The van der Waals surface area contributed by atoms with Crippen LogP contribution in [0.15, 0.2) is 23.2 Å². The molecule has 0 N–H and O–H groups in total. The molecule has 0 aromatic heterocycles. The number of hydrogen-bond donors (Lipinski definition) is 0. The quantitative estimate of drug-likeness (QED) is 0.299. The van der Waals surface area contributed by atoms with Crippen LogP contribution in [0.3, 0.4) is 0 Å². The molecule has 2 heteroatoms. The summed E-state index contributed by atoms with van der Waals surface area (Å²) >= 11 is 0. The number of rotatable bonds is 4. The van der Waals surface area contributed by atoms with E-state index >= 15 is 0 Å². The Morgan fingerprint density at radius 2 is 2.29 bits per heavy atom. The number of nitrogens with zero attached hydrogens (tertiary/aromatic N) is 1. The largest absolute Gasteiger partial charge is 1.00 e. The molecule has 0 unspecified atom stereocenters. The monoisotopic (exact) mass is 212 g/mol. The van der Waals surface area contributed by atoms with Gasteiger partial charge in [-0.1, -0.05) is 33.1 Å². The third-order valence-corrected chi connectivity index (χ3v) is 1.78. The molecule has 1 aromatic rings. The van der Waals surface area contributed by atoms with Gasteiger partial charge in [0.1, 0.15) is 0 Å². The first kappa shape index (κ1) is 14.5. The minimum Gasteiger partial charge on any atom is -0.482 e. The zero-order chi connectivity index (χ0) is 9.52. The summed E-state index contributed by atoms with van der Waals surface area (Å²) in [6.45, 7) is 4.22. The maximum Gasteiger partial charge on any atom is 1.00 e. The molecule has 0 saturated heterocycles. The van der Waals surface area contributed by atoms with E-state index in [0.29, 0.717) is 0 Å². The normalized spacial score (nSPS) is 10.1. The van der Waals surface area contributed by atoms with Gasteiger partial charge in [-0.3, -0.25) is 6.07 Å². The summed E-state index contributed by atoms with van der Waals surface area (Å²) in [6.07, 6.45) is 6.32. The van der Waals surface area contributed by atoms with Crippen LogP contribution in [0.5, 0.6) is 0 Å². The Morgan fingerprint density at radius 1 is 1.50 bits per heavy atom. The third kappa shape index (κ3) is 6.09. The van der Waals surface area contributed by atoms with Crippen LogP contribution in [-0.4, -0.2) is 6.21 Å². The van der Waals surface area contributed by atoms with Crippen molar-refractivity contribution in [2.45, 2.75) is 33.1 Å². The van der Waals surface area contributed by atoms with Crippen molar-refractivity contribution in [2.24, 2.45) is 4.99 Å². The second-order valence-corrected chi connectivity index (χ2v) is 3.12. The fourth-order valence-corrected chi connectivity index (χ4v) is 1.03. The van der Waals surface area contributed by atoms with Crippen molar-refractivity contribution in [3.63, 3.8) is 0 Å². The van der Waals surface area contributed by atoms with E-state index < -0.39 is 0 Å². The Morgan fingerprint density at radius 3 is 2.93 bits per heavy atom. The van der Waals surface area contributed by atoms with Crippen molar-refractivity contribution in [2.75, 3.05) is 0 Å². The summed E-state index contributed by atoms with van der Waals surface area (Å²) in [5.74, 6) is 0. The van der Waals surface area contributed by atoms with Gasteiger partial charge in [0.05, 0.1) is 0 Å². The number of hydrogen-bond acceptors (Lipinski definition) is 1. The average molecular weight is 212 g/mol. The van der Waals surface area contributed by atoms with E-state index in [2.05, 4.69) is 31.1 Å². The number of aryl methyl sites for hydroxylation is 1. The first-order valence-electron chi connectivity index (χ1n) is 4.75. The minimum atomic E-state index is 0. The predicted octanol–water partition coefficient (Wildman–Crippen LogP) is 0.569. The van der Waals surface area contributed by atoms with E-state index in [-0.39, 0.29) is 51.4 Å². The molecular weight excluding hydrogens is 197 g/mol. The molecule has 0 aliphatic heterocycles. The van der Waals surface area contributed by atoms with Crippen molar-refractivity contribution in [1.82, 2.24) is 0 Å². The summed E-state index contributed by atoms with van der Waals surface area (Å²) in [7, 11) is 0. The molecule has 0 atom stereocenters. The minimum absolute atomic E-state index is 0. The van der Waals surface area contributed by atoms with Gasteiger partial charge < -0.3 is 4.99 Å². The first-order valence-corrected chi connectivity index (χ1v) is 4.75. The van der Waals surface area contributed by atoms with E-state index in [1.807, 2.05) is 18.2 Å². The molecule has 70 valence electrons. The van der Waals surface area contributed by atoms with Gasteiger partial charge in [-0.25, -0.2) is 11.8 Å². The summed E-state index contributed by atoms with van der Waals surface area (Å²) in [6, 6.07) is 8.99. The molecular formula is C12H15KN-. The van der Waals surface area contributed by atoms with Crippen molar-refractivity contribution in [1.29, 1.82) is 0 Å². The SMILES string of the molecule is CCCC[C-]=Nc1[c-]ccc(C)c1.[K+]. The first-order chi connectivity index (χ1) is 6.33. The van der Waals surface area contributed by atoms with Crippen LogP contribution in [0.4, 0.5) is 5.69 Å². The van der Waals surface area contributed by atoms with Gasteiger partial charge in [-0.15, -0.1) is 0 Å². The molecule has 0 aliphatic carbocycles. The molecule has 0 amide bonds. The molecule has 1 nitrogen and oxygen atoms in total. The molecule has 0 fully saturated rings. The molecule has 0 bridgehead atoms. The molecule has 0 spiro atoms. The van der Waals surface area contributed by atoms with Crippen LogP contribution in [0.25, 0.3) is 0 Å². The Kier molecular flexibility index (Phi) is 9.14. The van der Waals surface area contributed by atoms with Crippen LogP contribution in [0.1, 0.15) is 31.7 Å². The van der Waals surface area contributed by atoms with Gasteiger partial charge in [-0.05, 0) is 0 Å². The predicted molar refractivity (Wildman–Crippen MR) is 56.6 cm³/mol. The summed E-state index contributed by atoms with van der Waals surface area (Å²) in [5.41, 5.74) is 2.10. The maximum atomic E-state index is 4.20. The van der Waals surface area contributed by atoms with Crippen LogP contribution < -0.4 is 51.4 Å². The molecule has 0 radical (unpaired) electrons. The molecule has 0 heterocycles. The van der Waals surface area contributed by atoms with Crippen LogP contribution in [0, 0.1) is 13.0 Å². The Bertz CT molecular complexity index is 281. The van der Waals surface area contributed by atoms with Crippen LogP contribution in [0.2, 0.25) is 0 Å². The van der Waals surface area contributed by atoms with Crippen molar-refractivity contribution >= 4 is 11.9 Å². The molecule has 0 aliphatic rings. The standard InChI is InChI=1S/C12H15N.K/c1-3-4-5-9-13-12-8-6-7-11(2)10-12;/h6-7,10H,3-5H2,1-2H3;/q-2;+1. The average Bonchev–Trinajstić information content (AvgIpc) is 2.13. The van der Waals surface area contributed by atoms with Crippen molar-refractivity contribution in [3.05, 3.63) is 29.8 Å². The fourth-order valence-electron chi connectivity index (χ4n) is 1.03. The van der Waals surface area contributed by atoms with Gasteiger partial charge in [0.2, 0.25) is 0 Å².